The number of likely N-dealkylation sites (tertiary alicyclic amines) is 1. The predicted octanol–water partition coefficient (Wildman–Crippen LogP) is 2.59. The number of ether oxygens (including phenoxy) is 1. The number of halogens is 1. The number of fused-ring (bicyclic) bond motifs is 1. The number of benzene rings is 1. The summed E-state index contributed by atoms with van der Waals surface area (Å²) in [6, 6.07) is 6.79. The molecule has 1 atom stereocenters. The van der Waals surface area contributed by atoms with E-state index < -0.39 is 6.09 Å². The third kappa shape index (κ3) is 3.22. The van der Waals surface area contributed by atoms with Crippen molar-refractivity contribution in [2.75, 3.05) is 13.2 Å². The van der Waals surface area contributed by atoms with Gasteiger partial charge in [0.05, 0.1) is 17.1 Å². The van der Waals surface area contributed by atoms with Crippen LogP contribution in [0.2, 0.25) is 5.02 Å². The highest BCUT2D eigenvalue weighted by molar-refractivity contribution is 6.31. The Bertz CT molecular complexity index is 765. The summed E-state index contributed by atoms with van der Waals surface area (Å²) in [5.74, 6) is -0.116. The summed E-state index contributed by atoms with van der Waals surface area (Å²) >= 11 is 6.04. The minimum atomic E-state index is -0.828. The molecule has 23 heavy (non-hydrogen) atoms. The number of rotatable bonds is 3. The highest BCUT2D eigenvalue weighted by Crippen LogP contribution is 2.26. The number of carbonyl (C=O) groups is 2. The van der Waals surface area contributed by atoms with Gasteiger partial charge in [-0.25, -0.2) is 4.79 Å². The molecule has 3 rings (SSSR count). The molecule has 0 saturated carbocycles. The number of amides is 2. The molecular formula is C16H16ClN3O3. The number of aromatic nitrogens is 1. The number of carbonyl (C=O) groups excluding carboxylic acids is 2. The third-order valence-electron chi connectivity index (χ3n) is 3.99. The Kier molecular flexibility index (Phi) is 4.34. The van der Waals surface area contributed by atoms with Gasteiger partial charge < -0.3 is 15.4 Å². The fraction of sp³-hybridized carbons (Fsp3) is 0.312. The largest absolute Gasteiger partial charge is 0.448 e. The SMILES string of the molecule is NC(=O)OCC1CCCN1C(=O)c1ccnc2ccc(Cl)cc12. The minimum absolute atomic E-state index is 0.116. The Labute approximate surface area is 138 Å². The fourth-order valence-electron chi connectivity index (χ4n) is 2.91. The molecule has 120 valence electrons. The van der Waals surface area contributed by atoms with Crippen molar-refractivity contribution in [3.05, 3.63) is 41.0 Å². The van der Waals surface area contributed by atoms with Gasteiger partial charge in [-0.05, 0) is 37.1 Å². The third-order valence-corrected chi connectivity index (χ3v) is 4.23. The van der Waals surface area contributed by atoms with E-state index in [9.17, 15) is 9.59 Å². The van der Waals surface area contributed by atoms with E-state index in [0.717, 1.165) is 12.8 Å². The van der Waals surface area contributed by atoms with E-state index in [1.807, 2.05) is 0 Å². The fourth-order valence-corrected chi connectivity index (χ4v) is 3.09. The highest BCUT2D eigenvalue weighted by Gasteiger charge is 2.31. The molecule has 0 spiro atoms. The second-order valence-electron chi connectivity index (χ2n) is 5.44. The van der Waals surface area contributed by atoms with Gasteiger partial charge in [-0.2, -0.15) is 0 Å². The van der Waals surface area contributed by atoms with E-state index in [1.165, 1.54) is 0 Å². The van der Waals surface area contributed by atoms with E-state index in [2.05, 4.69) is 4.98 Å². The number of primary amides is 1. The second-order valence-corrected chi connectivity index (χ2v) is 5.88. The Hall–Kier alpha value is -2.34. The van der Waals surface area contributed by atoms with Gasteiger partial charge in [0.25, 0.3) is 5.91 Å². The molecule has 1 aliphatic rings. The van der Waals surface area contributed by atoms with Crippen molar-refractivity contribution in [3.8, 4) is 0 Å². The molecule has 2 N–H and O–H groups in total. The van der Waals surface area contributed by atoms with Crippen molar-refractivity contribution in [3.63, 3.8) is 0 Å². The zero-order valence-corrected chi connectivity index (χ0v) is 13.1. The molecule has 7 heteroatoms. The van der Waals surface area contributed by atoms with E-state index in [0.29, 0.717) is 28.0 Å². The lowest BCUT2D eigenvalue weighted by molar-refractivity contribution is 0.0648. The van der Waals surface area contributed by atoms with Crippen molar-refractivity contribution < 1.29 is 14.3 Å². The van der Waals surface area contributed by atoms with Crippen LogP contribution < -0.4 is 5.73 Å². The van der Waals surface area contributed by atoms with E-state index in [-0.39, 0.29) is 18.6 Å². The Balaban J connectivity index is 1.90. The molecule has 1 fully saturated rings. The first-order valence-electron chi connectivity index (χ1n) is 7.34. The van der Waals surface area contributed by atoms with Crippen LogP contribution in [0, 0.1) is 0 Å². The summed E-state index contributed by atoms with van der Waals surface area (Å²) in [7, 11) is 0. The van der Waals surface area contributed by atoms with Gasteiger partial charge in [0, 0.05) is 23.2 Å². The quantitative estimate of drug-likeness (QED) is 0.935. The van der Waals surface area contributed by atoms with Crippen LogP contribution in [0.15, 0.2) is 30.5 Å². The van der Waals surface area contributed by atoms with E-state index in [4.69, 9.17) is 22.1 Å². The Morgan fingerprint density at radius 1 is 1.39 bits per heavy atom. The zero-order valence-electron chi connectivity index (χ0n) is 12.4. The standard InChI is InChI=1S/C16H16ClN3O3/c17-10-3-4-14-13(8-10)12(5-6-19-14)15(21)20-7-1-2-11(20)9-23-16(18)22/h3-6,8,11H,1-2,7,9H2,(H2,18,22). The molecule has 2 aromatic rings. The molecular weight excluding hydrogens is 318 g/mol. The van der Waals surface area contributed by atoms with Crippen LogP contribution in [0.1, 0.15) is 23.2 Å². The minimum Gasteiger partial charge on any atom is -0.448 e. The lowest BCUT2D eigenvalue weighted by Gasteiger charge is -2.24. The number of hydrogen-bond donors (Lipinski definition) is 1. The summed E-state index contributed by atoms with van der Waals surface area (Å²) in [5, 5.41) is 1.26. The normalized spacial score (nSPS) is 17.4. The van der Waals surface area contributed by atoms with Crippen molar-refractivity contribution >= 4 is 34.5 Å². The van der Waals surface area contributed by atoms with Gasteiger partial charge in [0.1, 0.15) is 6.61 Å². The lowest BCUT2D eigenvalue weighted by Crippen LogP contribution is -2.39. The van der Waals surface area contributed by atoms with Crippen molar-refractivity contribution in [1.29, 1.82) is 0 Å². The van der Waals surface area contributed by atoms with Gasteiger partial charge in [-0.15, -0.1) is 0 Å². The van der Waals surface area contributed by atoms with Crippen LogP contribution in [-0.2, 0) is 4.74 Å². The van der Waals surface area contributed by atoms with E-state index in [1.54, 1.807) is 35.4 Å². The molecule has 1 aromatic heterocycles. The Morgan fingerprint density at radius 2 is 2.22 bits per heavy atom. The average Bonchev–Trinajstić information content (AvgIpc) is 3.00. The Morgan fingerprint density at radius 3 is 3.00 bits per heavy atom. The molecule has 1 aliphatic heterocycles. The smallest absolute Gasteiger partial charge is 0.404 e. The molecule has 6 nitrogen and oxygen atoms in total. The van der Waals surface area contributed by atoms with Gasteiger partial charge >= 0.3 is 6.09 Å². The first-order valence-corrected chi connectivity index (χ1v) is 7.71. The van der Waals surface area contributed by atoms with Crippen LogP contribution in [0.3, 0.4) is 0 Å². The summed E-state index contributed by atoms with van der Waals surface area (Å²) in [5.41, 5.74) is 6.26. The van der Waals surface area contributed by atoms with Gasteiger partial charge in [-0.3, -0.25) is 9.78 Å². The van der Waals surface area contributed by atoms with Crippen molar-refractivity contribution in [2.45, 2.75) is 18.9 Å². The molecule has 1 saturated heterocycles. The van der Waals surface area contributed by atoms with E-state index >= 15 is 0 Å². The number of pyridine rings is 1. The maximum absolute atomic E-state index is 12.9. The molecule has 2 amide bonds. The molecule has 0 bridgehead atoms. The summed E-state index contributed by atoms with van der Waals surface area (Å²) in [6.07, 6.45) is 2.42. The highest BCUT2D eigenvalue weighted by atomic mass is 35.5. The topological polar surface area (TPSA) is 85.5 Å². The monoisotopic (exact) mass is 333 g/mol. The van der Waals surface area contributed by atoms with Gasteiger partial charge in [-0.1, -0.05) is 11.6 Å². The van der Waals surface area contributed by atoms with Gasteiger partial charge in [0.2, 0.25) is 0 Å². The maximum atomic E-state index is 12.9. The molecule has 1 unspecified atom stereocenters. The van der Waals surface area contributed by atoms with Crippen LogP contribution in [0.25, 0.3) is 10.9 Å². The second kappa shape index (κ2) is 6.42. The summed E-state index contributed by atoms with van der Waals surface area (Å²) in [6.45, 7) is 0.737. The molecule has 0 aliphatic carbocycles. The first-order chi connectivity index (χ1) is 11.1. The first kappa shape index (κ1) is 15.6. The van der Waals surface area contributed by atoms with Crippen LogP contribution in [0.5, 0.6) is 0 Å². The number of nitrogens with zero attached hydrogens (tertiary/aromatic N) is 2. The number of hydrogen-bond acceptors (Lipinski definition) is 4. The molecule has 2 heterocycles. The van der Waals surface area contributed by atoms with Crippen LogP contribution in [0.4, 0.5) is 4.79 Å². The van der Waals surface area contributed by atoms with Crippen LogP contribution >= 0.6 is 11.6 Å². The molecule has 0 radical (unpaired) electrons. The lowest BCUT2D eigenvalue weighted by atomic mass is 10.1. The maximum Gasteiger partial charge on any atom is 0.404 e. The summed E-state index contributed by atoms with van der Waals surface area (Å²) < 4.78 is 4.86. The van der Waals surface area contributed by atoms with Crippen molar-refractivity contribution in [2.24, 2.45) is 5.73 Å². The molecule has 1 aromatic carbocycles. The van der Waals surface area contributed by atoms with Gasteiger partial charge in [0.15, 0.2) is 0 Å². The predicted molar refractivity (Wildman–Crippen MR) is 86.3 cm³/mol. The van der Waals surface area contributed by atoms with Crippen LogP contribution in [-0.4, -0.2) is 41.1 Å². The zero-order chi connectivity index (χ0) is 16.4. The average molecular weight is 334 g/mol. The summed E-state index contributed by atoms with van der Waals surface area (Å²) in [4.78, 5) is 29.7. The van der Waals surface area contributed by atoms with Crippen molar-refractivity contribution in [1.82, 2.24) is 9.88 Å². The number of nitrogens with two attached hydrogens (primary N) is 1.